The molecular weight excluding hydrogens is 283 g/mol. The number of carbonyl (C=O) groups is 1. The first kappa shape index (κ1) is 13.4. The maximum atomic E-state index is 12.4. The summed E-state index contributed by atoms with van der Waals surface area (Å²) in [5.41, 5.74) is 0.830. The Morgan fingerprint density at radius 3 is 2.53 bits per heavy atom. The third-order valence-electron chi connectivity index (χ3n) is 2.50. The molecule has 3 nitrogen and oxygen atoms in total. The fourth-order valence-corrected chi connectivity index (χ4v) is 2.22. The van der Waals surface area contributed by atoms with Gasteiger partial charge in [-0.05, 0) is 30.3 Å². The molecule has 0 spiro atoms. The Morgan fingerprint density at radius 2 is 1.89 bits per heavy atom. The van der Waals surface area contributed by atoms with E-state index in [2.05, 4.69) is 0 Å². The number of hydrogen-bond donors (Lipinski definition) is 0. The molecule has 0 aliphatic carbocycles. The van der Waals surface area contributed by atoms with E-state index < -0.39 is 0 Å². The Hall–Kier alpha value is -2.02. The van der Waals surface area contributed by atoms with Crippen molar-refractivity contribution in [2.24, 2.45) is 0 Å². The summed E-state index contributed by atoms with van der Waals surface area (Å²) < 4.78 is 1.39. The molecule has 94 valence electrons. The first-order valence-corrected chi connectivity index (χ1v) is 6.13. The number of allylic oxidation sites excluding steroid dienone is 1. The van der Waals surface area contributed by atoms with Crippen molar-refractivity contribution in [3.63, 3.8) is 0 Å². The van der Waals surface area contributed by atoms with Crippen molar-refractivity contribution in [1.82, 2.24) is 4.57 Å². The largest absolute Gasteiger partial charge is 0.284 e. The minimum absolute atomic E-state index is 0.244. The van der Waals surface area contributed by atoms with Crippen molar-refractivity contribution in [2.45, 2.75) is 0 Å². The third kappa shape index (κ3) is 2.70. The molecule has 1 aromatic heterocycles. The Morgan fingerprint density at radius 1 is 1.21 bits per heavy atom. The van der Waals surface area contributed by atoms with Crippen LogP contribution < -0.4 is 0 Å². The van der Waals surface area contributed by atoms with Crippen LogP contribution >= 0.6 is 23.2 Å². The Bertz CT molecular complexity index is 675. The number of halogens is 2. The van der Waals surface area contributed by atoms with Gasteiger partial charge in [0.25, 0.3) is 5.91 Å². The lowest BCUT2D eigenvalue weighted by atomic mass is 10.2. The van der Waals surface area contributed by atoms with E-state index in [-0.39, 0.29) is 11.5 Å². The molecular formula is C14H8Cl2N2O. The molecule has 0 amide bonds. The second-order valence-electron chi connectivity index (χ2n) is 3.67. The highest BCUT2D eigenvalue weighted by molar-refractivity contribution is 6.39. The van der Waals surface area contributed by atoms with Crippen LogP contribution in [0.4, 0.5) is 0 Å². The molecule has 1 aromatic carbocycles. The highest BCUT2D eigenvalue weighted by Gasteiger charge is 2.17. The molecule has 0 saturated carbocycles. The highest BCUT2D eigenvalue weighted by atomic mass is 35.5. The SMILES string of the molecule is N#C/C=C/c1cccn1C(=O)c1c(Cl)cccc1Cl. The topological polar surface area (TPSA) is 45.8 Å². The second kappa shape index (κ2) is 5.75. The minimum atomic E-state index is -0.335. The van der Waals surface area contributed by atoms with Gasteiger partial charge in [-0.2, -0.15) is 5.26 Å². The minimum Gasteiger partial charge on any atom is -0.284 e. The van der Waals surface area contributed by atoms with Crippen molar-refractivity contribution in [3.8, 4) is 6.07 Å². The van der Waals surface area contributed by atoms with Crippen LogP contribution in [-0.4, -0.2) is 10.5 Å². The molecule has 0 bridgehead atoms. The summed E-state index contributed by atoms with van der Waals surface area (Å²) in [7, 11) is 0. The van der Waals surface area contributed by atoms with Crippen LogP contribution in [0.5, 0.6) is 0 Å². The lowest BCUT2D eigenvalue weighted by Crippen LogP contribution is -2.13. The molecule has 0 atom stereocenters. The fraction of sp³-hybridized carbons (Fsp3) is 0. The zero-order valence-corrected chi connectivity index (χ0v) is 11.2. The van der Waals surface area contributed by atoms with Gasteiger partial charge in [0.2, 0.25) is 0 Å². The molecule has 2 rings (SSSR count). The third-order valence-corrected chi connectivity index (χ3v) is 3.13. The van der Waals surface area contributed by atoms with Gasteiger partial charge in [-0.15, -0.1) is 0 Å². The quantitative estimate of drug-likeness (QED) is 0.784. The average Bonchev–Trinajstić information content (AvgIpc) is 2.84. The molecule has 19 heavy (non-hydrogen) atoms. The van der Waals surface area contributed by atoms with Crippen molar-refractivity contribution in [2.75, 3.05) is 0 Å². The molecule has 0 unspecified atom stereocenters. The molecule has 0 saturated heterocycles. The normalized spacial score (nSPS) is 10.6. The van der Waals surface area contributed by atoms with Crippen molar-refractivity contribution in [3.05, 3.63) is 63.9 Å². The molecule has 0 aliphatic rings. The van der Waals surface area contributed by atoms with Crippen LogP contribution in [0.3, 0.4) is 0 Å². The summed E-state index contributed by atoms with van der Waals surface area (Å²) >= 11 is 12.0. The second-order valence-corrected chi connectivity index (χ2v) is 4.48. The summed E-state index contributed by atoms with van der Waals surface area (Å²) in [5.74, 6) is -0.335. The zero-order valence-electron chi connectivity index (χ0n) is 9.68. The van der Waals surface area contributed by atoms with E-state index in [1.54, 1.807) is 42.6 Å². The molecule has 5 heteroatoms. The first-order chi connectivity index (χ1) is 9.15. The maximum Gasteiger partial charge on any atom is 0.265 e. The maximum absolute atomic E-state index is 12.4. The molecule has 0 radical (unpaired) electrons. The van der Waals surface area contributed by atoms with E-state index in [1.807, 2.05) is 6.07 Å². The molecule has 0 fully saturated rings. The van der Waals surface area contributed by atoms with Crippen LogP contribution in [0.1, 0.15) is 16.1 Å². The van der Waals surface area contributed by atoms with Gasteiger partial charge < -0.3 is 0 Å². The standard InChI is InChI=1S/C14H8Cl2N2O/c15-11-6-1-7-12(16)13(11)14(19)18-9-3-5-10(18)4-2-8-17/h1-7,9H/b4-2+. The van der Waals surface area contributed by atoms with Gasteiger partial charge in [0.05, 0.1) is 21.7 Å². The highest BCUT2D eigenvalue weighted by Crippen LogP contribution is 2.25. The number of benzene rings is 1. The fourth-order valence-electron chi connectivity index (χ4n) is 1.66. The first-order valence-electron chi connectivity index (χ1n) is 5.37. The smallest absolute Gasteiger partial charge is 0.265 e. The predicted octanol–water partition coefficient (Wildman–Crippen LogP) is 4.02. The molecule has 2 aromatic rings. The van der Waals surface area contributed by atoms with Gasteiger partial charge in [0.1, 0.15) is 0 Å². The number of nitrogens with zero attached hydrogens (tertiary/aromatic N) is 2. The van der Waals surface area contributed by atoms with E-state index >= 15 is 0 Å². The Balaban J connectivity index is 2.49. The summed E-state index contributed by atoms with van der Waals surface area (Å²) in [6, 6.07) is 10.2. The van der Waals surface area contributed by atoms with Gasteiger partial charge >= 0.3 is 0 Å². The number of aromatic nitrogens is 1. The number of rotatable bonds is 2. The van der Waals surface area contributed by atoms with Crippen LogP contribution in [0.15, 0.2) is 42.6 Å². The van der Waals surface area contributed by atoms with Crippen LogP contribution in [0, 0.1) is 11.3 Å². The van der Waals surface area contributed by atoms with Gasteiger partial charge in [0, 0.05) is 18.0 Å². The molecule has 0 aliphatic heterocycles. The van der Waals surface area contributed by atoms with Gasteiger partial charge in [-0.1, -0.05) is 29.3 Å². The van der Waals surface area contributed by atoms with Gasteiger partial charge in [-0.3, -0.25) is 9.36 Å². The van der Waals surface area contributed by atoms with Crippen LogP contribution in [-0.2, 0) is 0 Å². The van der Waals surface area contributed by atoms with Crippen molar-refractivity contribution in [1.29, 1.82) is 5.26 Å². The molecule has 0 N–H and O–H groups in total. The Kier molecular flexibility index (Phi) is 4.06. The lowest BCUT2D eigenvalue weighted by molar-refractivity contribution is 0.0960. The molecule has 1 heterocycles. The monoisotopic (exact) mass is 290 g/mol. The Labute approximate surface area is 120 Å². The average molecular weight is 291 g/mol. The van der Waals surface area contributed by atoms with Crippen molar-refractivity contribution >= 4 is 35.2 Å². The van der Waals surface area contributed by atoms with Gasteiger partial charge in [0.15, 0.2) is 0 Å². The zero-order chi connectivity index (χ0) is 13.8. The van der Waals surface area contributed by atoms with Crippen LogP contribution in [0.25, 0.3) is 6.08 Å². The van der Waals surface area contributed by atoms with E-state index in [9.17, 15) is 4.79 Å². The van der Waals surface area contributed by atoms with Crippen molar-refractivity contribution < 1.29 is 4.79 Å². The summed E-state index contributed by atoms with van der Waals surface area (Å²) in [6.45, 7) is 0. The summed E-state index contributed by atoms with van der Waals surface area (Å²) in [5, 5.41) is 9.11. The number of hydrogen-bond acceptors (Lipinski definition) is 2. The summed E-state index contributed by atoms with van der Waals surface area (Å²) in [4.78, 5) is 12.4. The van der Waals surface area contributed by atoms with Gasteiger partial charge in [-0.25, -0.2) is 0 Å². The van der Waals surface area contributed by atoms with E-state index in [0.717, 1.165) is 0 Å². The van der Waals surface area contributed by atoms with E-state index in [1.165, 1.54) is 10.6 Å². The number of nitriles is 1. The predicted molar refractivity (Wildman–Crippen MR) is 75.3 cm³/mol. The lowest BCUT2D eigenvalue weighted by Gasteiger charge is -2.08. The van der Waals surface area contributed by atoms with E-state index in [4.69, 9.17) is 28.5 Å². The summed E-state index contributed by atoms with van der Waals surface area (Å²) in [6.07, 6.45) is 4.44. The van der Waals surface area contributed by atoms with E-state index in [0.29, 0.717) is 15.7 Å². The number of carbonyl (C=O) groups excluding carboxylic acids is 1. The van der Waals surface area contributed by atoms with Crippen LogP contribution in [0.2, 0.25) is 10.0 Å².